The minimum Gasteiger partial charge on any atom is -0.508 e. The van der Waals surface area contributed by atoms with Gasteiger partial charge in [0, 0.05) is 6.42 Å². The number of benzene rings is 1. The summed E-state index contributed by atoms with van der Waals surface area (Å²) in [4.78, 5) is 10.6. The predicted molar refractivity (Wildman–Crippen MR) is 56.7 cm³/mol. The van der Waals surface area contributed by atoms with Crippen LogP contribution in [-0.2, 0) is 11.2 Å². The Labute approximate surface area is 97.1 Å². The molecule has 1 aromatic carbocycles. The summed E-state index contributed by atoms with van der Waals surface area (Å²) in [5.41, 5.74) is 0.933. The van der Waals surface area contributed by atoms with E-state index in [4.69, 9.17) is 5.11 Å². The Morgan fingerprint density at radius 1 is 1.12 bits per heavy atom. The third kappa shape index (κ3) is 4.89. The highest BCUT2D eigenvalue weighted by Crippen LogP contribution is 2.20. The molecule has 1 aromatic rings. The van der Waals surface area contributed by atoms with Crippen LogP contribution < -0.4 is 0 Å². The molecule has 17 heavy (non-hydrogen) atoms. The summed E-state index contributed by atoms with van der Waals surface area (Å²) in [7, 11) is 0. The van der Waals surface area contributed by atoms with Crippen molar-refractivity contribution in [2.24, 2.45) is 0 Å². The van der Waals surface area contributed by atoms with E-state index in [1.165, 1.54) is 12.1 Å². The third-order valence-electron chi connectivity index (χ3n) is 2.37. The molecule has 0 saturated heterocycles. The lowest BCUT2D eigenvalue weighted by molar-refractivity contribution is -0.171. The van der Waals surface area contributed by atoms with E-state index in [9.17, 15) is 18.0 Å². The molecule has 0 heterocycles. The van der Waals surface area contributed by atoms with E-state index >= 15 is 0 Å². The molecule has 5 heteroatoms. The standard InChI is InChI=1S/C12H13F3O2/c13-12(14,15)11(17)4-2-1-3-9-5-7-10(16)8-6-9/h5-8,16H,1-4H2. The van der Waals surface area contributed by atoms with Crippen LogP contribution in [0.1, 0.15) is 24.8 Å². The first-order valence-electron chi connectivity index (χ1n) is 5.27. The fourth-order valence-electron chi connectivity index (χ4n) is 1.42. The van der Waals surface area contributed by atoms with Crippen LogP contribution in [-0.4, -0.2) is 17.1 Å². The second kappa shape index (κ2) is 5.70. The van der Waals surface area contributed by atoms with E-state index in [0.717, 1.165) is 5.56 Å². The molecule has 0 unspecified atom stereocenters. The second-order valence-corrected chi connectivity index (χ2v) is 3.79. The van der Waals surface area contributed by atoms with E-state index in [2.05, 4.69) is 0 Å². The van der Waals surface area contributed by atoms with E-state index in [1.54, 1.807) is 12.1 Å². The SMILES string of the molecule is O=C(CCCCc1ccc(O)cc1)C(F)(F)F. The minimum absolute atomic E-state index is 0.154. The van der Waals surface area contributed by atoms with Crippen LogP contribution >= 0.6 is 0 Å². The lowest BCUT2D eigenvalue weighted by atomic mass is 10.1. The monoisotopic (exact) mass is 246 g/mol. The van der Waals surface area contributed by atoms with E-state index < -0.39 is 18.4 Å². The number of aryl methyl sites for hydroxylation is 1. The number of phenols is 1. The van der Waals surface area contributed by atoms with Crippen molar-refractivity contribution in [1.29, 1.82) is 0 Å². The van der Waals surface area contributed by atoms with Gasteiger partial charge in [0.05, 0.1) is 0 Å². The van der Waals surface area contributed by atoms with Crippen LogP contribution in [0.3, 0.4) is 0 Å². The molecule has 0 radical (unpaired) electrons. The maximum absolute atomic E-state index is 11.9. The zero-order valence-electron chi connectivity index (χ0n) is 9.13. The van der Waals surface area contributed by atoms with Gasteiger partial charge in [-0.15, -0.1) is 0 Å². The number of unbranched alkanes of at least 4 members (excludes halogenated alkanes) is 1. The Morgan fingerprint density at radius 2 is 1.71 bits per heavy atom. The third-order valence-corrected chi connectivity index (χ3v) is 2.37. The molecule has 0 amide bonds. The summed E-state index contributed by atoms with van der Waals surface area (Å²) in [6, 6.07) is 6.47. The molecule has 0 aliphatic carbocycles. The number of halogens is 3. The molecule has 0 fully saturated rings. The topological polar surface area (TPSA) is 37.3 Å². The number of alkyl halides is 3. The average Bonchev–Trinajstić information content (AvgIpc) is 2.25. The van der Waals surface area contributed by atoms with Crippen LogP contribution in [0.5, 0.6) is 5.75 Å². The number of rotatable bonds is 5. The number of aromatic hydroxyl groups is 1. The van der Waals surface area contributed by atoms with Gasteiger partial charge in [-0.1, -0.05) is 12.1 Å². The average molecular weight is 246 g/mol. The maximum Gasteiger partial charge on any atom is 0.449 e. The Balaban J connectivity index is 2.25. The van der Waals surface area contributed by atoms with Crippen molar-refractivity contribution < 1.29 is 23.1 Å². The van der Waals surface area contributed by atoms with Crippen molar-refractivity contribution >= 4 is 5.78 Å². The molecule has 0 saturated carbocycles. The van der Waals surface area contributed by atoms with Gasteiger partial charge in [-0.2, -0.15) is 13.2 Å². The highest BCUT2D eigenvalue weighted by Gasteiger charge is 2.36. The van der Waals surface area contributed by atoms with Gasteiger partial charge in [0.2, 0.25) is 5.78 Å². The number of carbonyl (C=O) groups excluding carboxylic acids is 1. The molecule has 0 atom stereocenters. The van der Waals surface area contributed by atoms with Gasteiger partial charge >= 0.3 is 6.18 Å². The van der Waals surface area contributed by atoms with Crippen LogP contribution in [0.4, 0.5) is 13.2 Å². The summed E-state index contributed by atoms with van der Waals surface area (Å²) in [5, 5.41) is 9.02. The summed E-state index contributed by atoms with van der Waals surface area (Å²) >= 11 is 0. The molecule has 0 spiro atoms. The lowest BCUT2D eigenvalue weighted by Gasteiger charge is -2.05. The van der Waals surface area contributed by atoms with Gasteiger partial charge < -0.3 is 5.11 Å². The maximum atomic E-state index is 11.9. The summed E-state index contributed by atoms with van der Waals surface area (Å²) < 4.78 is 35.6. The number of carbonyl (C=O) groups is 1. The van der Waals surface area contributed by atoms with Crippen LogP contribution in [0.25, 0.3) is 0 Å². The first-order valence-corrected chi connectivity index (χ1v) is 5.27. The van der Waals surface area contributed by atoms with Gasteiger partial charge in [0.15, 0.2) is 0 Å². The molecule has 1 N–H and O–H groups in total. The van der Waals surface area contributed by atoms with E-state index in [-0.39, 0.29) is 12.2 Å². The number of hydrogen-bond acceptors (Lipinski definition) is 2. The molecule has 0 aliphatic rings. The molecular formula is C12H13F3O2. The molecule has 2 nitrogen and oxygen atoms in total. The minimum atomic E-state index is -4.71. The summed E-state index contributed by atoms with van der Waals surface area (Å²) in [5.74, 6) is -1.51. The quantitative estimate of drug-likeness (QED) is 0.810. The largest absolute Gasteiger partial charge is 0.508 e. The number of phenolic OH excluding ortho intramolecular Hbond substituents is 1. The summed E-state index contributed by atoms with van der Waals surface area (Å²) in [6.45, 7) is 0. The van der Waals surface area contributed by atoms with Gasteiger partial charge in [0.1, 0.15) is 5.75 Å². The van der Waals surface area contributed by atoms with Gasteiger partial charge in [-0.3, -0.25) is 4.79 Å². The van der Waals surface area contributed by atoms with Crippen molar-refractivity contribution in [2.45, 2.75) is 31.9 Å². The first-order chi connectivity index (χ1) is 7.89. The Kier molecular flexibility index (Phi) is 4.54. The van der Waals surface area contributed by atoms with Gasteiger partial charge in [0.25, 0.3) is 0 Å². The van der Waals surface area contributed by atoms with Crippen LogP contribution in [0.2, 0.25) is 0 Å². The van der Waals surface area contributed by atoms with E-state index in [1.807, 2.05) is 0 Å². The van der Waals surface area contributed by atoms with Crippen LogP contribution in [0, 0.1) is 0 Å². The first kappa shape index (κ1) is 13.5. The fraction of sp³-hybridized carbons (Fsp3) is 0.417. The zero-order valence-corrected chi connectivity index (χ0v) is 9.13. The lowest BCUT2D eigenvalue weighted by Crippen LogP contribution is -2.22. The Morgan fingerprint density at radius 3 is 2.24 bits per heavy atom. The smallest absolute Gasteiger partial charge is 0.449 e. The van der Waals surface area contributed by atoms with Crippen molar-refractivity contribution in [3.8, 4) is 5.75 Å². The molecule has 0 aromatic heterocycles. The molecule has 0 aliphatic heterocycles. The predicted octanol–water partition coefficient (Wildman–Crippen LogP) is 3.24. The summed E-state index contributed by atoms with van der Waals surface area (Å²) in [6.07, 6.45) is -3.82. The molecule has 1 rings (SSSR count). The van der Waals surface area contributed by atoms with Gasteiger partial charge in [-0.05, 0) is 37.0 Å². The second-order valence-electron chi connectivity index (χ2n) is 3.79. The number of Topliss-reactive ketones (excluding diaryl/α,β-unsaturated/α-hetero) is 1. The van der Waals surface area contributed by atoms with Gasteiger partial charge in [-0.25, -0.2) is 0 Å². The normalized spacial score (nSPS) is 11.5. The highest BCUT2D eigenvalue weighted by atomic mass is 19.4. The van der Waals surface area contributed by atoms with Crippen molar-refractivity contribution in [3.63, 3.8) is 0 Å². The Hall–Kier alpha value is -1.52. The number of ketones is 1. The molecule has 94 valence electrons. The van der Waals surface area contributed by atoms with E-state index in [0.29, 0.717) is 12.8 Å². The number of hydrogen-bond donors (Lipinski definition) is 1. The zero-order chi connectivity index (χ0) is 12.9. The van der Waals surface area contributed by atoms with Crippen molar-refractivity contribution in [2.75, 3.05) is 0 Å². The van der Waals surface area contributed by atoms with Crippen molar-refractivity contribution in [3.05, 3.63) is 29.8 Å². The Bertz CT molecular complexity index is 368. The fourth-order valence-corrected chi connectivity index (χ4v) is 1.42. The molecular weight excluding hydrogens is 233 g/mol. The molecule has 0 bridgehead atoms. The van der Waals surface area contributed by atoms with Crippen LogP contribution in [0.15, 0.2) is 24.3 Å². The van der Waals surface area contributed by atoms with Crippen molar-refractivity contribution in [1.82, 2.24) is 0 Å². The highest BCUT2D eigenvalue weighted by molar-refractivity contribution is 5.83.